The molecule has 1 rings (SSSR count). The largest absolute Gasteiger partial charge is 0.0623 e. The smallest absolute Gasteiger partial charge is 0 e. The van der Waals surface area contributed by atoms with E-state index in [4.69, 9.17) is 0 Å². The second-order valence-corrected chi connectivity index (χ2v) is 1.15. The van der Waals surface area contributed by atoms with Gasteiger partial charge in [0.15, 0.2) is 0 Å². The van der Waals surface area contributed by atoms with Crippen LogP contribution in [0, 0.1) is 0 Å². The third-order valence-corrected chi connectivity index (χ3v) is 0.667. The predicted molar refractivity (Wildman–Crippen MR) is 26.4 cm³/mol. The van der Waals surface area contributed by atoms with Crippen LogP contribution in [0.25, 0.3) is 0 Å². The molecule has 0 saturated carbocycles. The SMILES string of the molecule is [Cd].[Y].c1ccccc1. The Labute approximate surface area is 95.1 Å². The van der Waals surface area contributed by atoms with Gasteiger partial charge in [-0.25, -0.2) is 0 Å². The van der Waals surface area contributed by atoms with Crippen LogP contribution in [0.3, 0.4) is 0 Å². The molecule has 0 nitrogen and oxygen atoms in total. The molecule has 1 aromatic rings. The molecule has 0 atom stereocenters. The average molecular weight is 279 g/mol. The molecule has 0 bridgehead atoms. The predicted octanol–water partition coefficient (Wildman–Crippen LogP) is 1.68. The van der Waals surface area contributed by atoms with Crippen LogP contribution in [0.15, 0.2) is 36.4 Å². The zero-order valence-electron chi connectivity index (χ0n) is 4.75. The Morgan fingerprint density at radius 1 is 0.500 bits per heavy atom. The van der Waals surface area contributed by atoms with Crippen molar-refractivity contribution in [2.24, 2.45) is 0 Å². The topological polar surface area (TPSA) is 0 Å². The van der Waals surface area contributed by atoms with Gasteiger partial charge in [-0.2, -0.15) is 0 Å². The van der Waals surface area contributed by atoms with E-state index < -0.39 is 0 Å². The van der Waals surface area contributed by atoms with Gasteiger partial charge in [0.2, 0.25) is 0 Å². The van der Waals surface area contributed by atoms with Gasteiger partial charge in [-0.15, -0.1) is 0 Å². The summed E-state index contributed by atoms with van der Waals surface area (Å²) in [6, 6.07) is 12.0. The molecule has 0 aliphatic rings. The van der Waals surface area contributed by atoms with Crippen molar-refractivity contribution in [1.82, 2.24) is 0 Å². The summed E-state index contributed by atoms with van der Waals surface area (Å²) >= 11 is 0. The molecule has 0 unspecified atom stereocenters. The van der Waals surface area contributed by atoms with Gasteiger partial charge in [0, 0.05) is 60.0 Å². The number of benzene rings is 1. The van der Waals surface area contributed by atoms with Crippen molar-refractivity contribution in [3.8, 4) is 0 Å². The van der Waals surface area contributed by atoms with Crippen molar-refractivity contribution in [2.75, 3.05) is 0 Å². The maximum atomic E-state index is 2.00. The van der Waals surface area contributed by atoms with Gasteiger partial charge >= 0.3 is 0 Å². The fraction of sp³-hybridized carbons (Fsp3) is 0. The van der Waals surface area contributed by atoms with Crippen LogP contribution >= 0.6 is 0 Å². The molecule has 0 aromatic heterocycles. The van der Waals surface area contributed by atoms with Crippen LogP contribution < -0.4 is 0 Å². The van der Waals surface area contributed by atoms with Crippen molar-refractivity contribution in [1.29, 1.82) is 0 Å². The molecule has 0 fully saturated rings. The maximum absolute atomic E-state index is 2.00. The zero-order chi connectivity index (χ0) is 4.24. The first kappa shape index (κ1) is 12.0. The van der Waals surface area contributed by atoms with Crippen molar-refractivity contribution in [3.05, 3.63) is 36.4 Å². The standard InChI is InChI=1S/C6H6.Cd.Y/c1-2-4-6-5-3-1;;/h1-6H;;. The minimum absolute atomic E-state index is 0. The number of hydrogen-bond acceptors (Lipinski definition) is 0. The van der Waals surface area contributed by atoms with Gasteiger partial charge in [0.1, 0.15) is 0 Å². The maximum Gasteiger partial charge on any atom is 0 e. The van der Waals surface area contributed by atoms with Crippen LogP contribution in [0.5, 0.6) is 0 Å². The summed E-state index contributed by atoms with van der Waals surface area (Å²) in [7, 11) is 0. The summed E-state index contributed by atoms with van der Waals surface area (Å²) in [4.78, 5) is 0. The normalized spacial score (nSPS) is 6.00. The first-order chi connectivity index (χ1) is 3.00. The van der Waals surface area contributed by atoms with E-state index in [0.29, 0.717) is 0 Å². The Bertz CT molecular complexity index is 80.5. The molecular formula is C6H6CdY. The van der Waals surface area contributed by atoms with E-state index in [9.17, 15) is 0 Å². The average Bonchev–Trinajstić information content (AvgIpc) is 1.72. The van der Waals surface area contributed by atoms with Gasteiger partial charge in [-0.1, -0.05) is 36.4 Å². The van der Waals surface area contributed by atoms with Crippen molar-refractivity contribution in [3.63, 3.8) is 0 Å². The van der Waals surface area contributed by atoms with E-state index in [1.54, 1.807) is 0 Å². The first-order valence-corrected chi connectivity index (χ1v) is 2.00. The quantitative estimate of drug-likeness (QED) is 0.634. The van der Waals surface area contributed by atoms with Gasteiger partial charge in [0.25, 0.3) is 0 Å². The van der Waals surface area contributed by atoms with Crippen molar-refractivity contribution >= 4 is 0 Å². The molecule has 2 heteroatoms. The Morgan fingerprint density at radius 2 is 0.625 bits per heavy atom. The fourth-order valence-corrected chi connectivity index (χ4v) is 0.385. The molecule has 0 aliphatic carbocycles. The van der Waals surface area contributed by atoms with E-state index in [1.807, 2.05) is 36.4 Å². The molecular weight excluding hydrogens is 273 g/mol. The molecule has 8 heavy (non-hydrogen) atoms. The Morgan fingerprint density at radius 3 is 0.750 bits per heavy atom. The summed E-state index contributed by atoms with van der Waals surface area (Å²) in [5.74, 6) is 0. The number of hydrogen-bond donors (Lipinski definition) is 0. The van der Waals surface area contributed by atoms with Crippen LogP contribution in [0.2, 0.25) is 0 Å². The first-order valence-electron chi connectivity index (χ1n) is 2.00. The summed E-state index contributed by atoms with van der Waals surface area (Å²) < 4.78 is 0. The summed E-state index contributed by atoms with van der Waals surface area (Å²) in [5, 5.41) is 0. The second kappa shape index (κ2) is 8.25. The second-order valence-electron chi connectivity index (χ2n) is 1.15. The third kappa shape index (κ3) is 5.38. The summed E-state index contributed by atoms with van der Waals surface area (Å²) in [6.07, 6.45) is 0. The van der Waals surface area contributed by atoms with E-state index in [-0.39, 0.29) is 60.0 Å². The monoisotopic (exact) mass is 281 g/mol. The van der Waals surface area contributed by atoms with E-state index in [0.717, 1.165) is 0 Å². The molecule has 1 aromatic carbocycles. The van der Waals surface area contributed by atoms with E-state index >= 15 is 0 Å². The van der Waals surface area contributed by atoms with Crippen LogP contribution in [0.4, 0.5) is 0 Å². The van der Waals surface area contributed by atoms with Crippen LogP contribution in [-0.2, 0) is 60.0 Å². The van der Waals surface area contributed by atoms with Gasteiger partial charge in [-0.3, -0.25) is 0 Å². The Hall–Kier alpha value is 1.25. The van der Waals surface area contributed by atoms with Crippen molar-refractivity contribution < 1.29 is 60.0 Å². The molecule has 0 saturated heterocycles. The van der Waals surface area contributed by atoms with E-state index in [1.165, 1.54) is 0 Å². The van der Waals surface area contributed by atoms with Crippen LogP contribution in [-0.4, -0.2) is 0 Å². The van der Waals surface area contributed by atoms with E-state index in [2.05, 4.69) is 0 Å². The molecule has 0 amide bonds. The Balaban J connectivity index is 0. The Kier molecular flexibility index (Phi) is 12.3. The van der Waals surface area contributed by atoms with Gasteiger partial charge in [-0.05, 0) is 0 Å². The minimum Gasteiger partial charge on any atom is -0.0623 e. The number of rotatable bonds is 0. The van der Waals surface area contributed by atoms with Crippen molar-refractivity contribution in [2.45, 2.75) is 0 Å². The summed E-state index contributed by atoms with van der Waals surface area (Å²) in [6.45, 7) is 0. The van der Waals surface area contributed by atoms with Crippen LogP contribution in [0.1, 0.15) is 0 Å². The van der Waals surface area contributed by atoms with Gasteiger partial charge in [0.05, 0.1) is 0 Å². The minimum atomic E-state index is 0. The summed E-state index contributed by atoms with van der Waals surface area (Å²) in [5.41, 5.74) is 0. The molecule has 0 heterocycles. The molecule has 0 N–H and O–H groups in total. The molecule has 35 valence electrons. The third-order valence-electron chi connectivity index (χ3n) is 0.667. The molecule has 0 aliphatic heterocycles. The molecule has 1 radical (unpaired) electrons. The zero-order valence-corrected chi connectivity index (χ0v) is 11.6. The van der Waals surface area contributed by atoms with Gasteiger partial charge < -0.3 is 0 Å². The fourth-order valence-electron chi connectivity index (χ4n) is 0.385. The molecule has 0 spiro atoms.